The van der Waals surface area contributed by atoms with Crippen LogP contribution in [0, 0.1) is 0 Å². The molecule has 1 aliphatic heterocycles. The van der Waals surface area contributed by atoms with Gasteiger partial charge in [-0.1, -0.05) is 29.8 Å². The maximum absolute atomic E-state index is 13.1. The standard InChI is InChI=1S/C26H30ClN3O3/c1-28(14-12-19-6-11-23(32-2)24(17-19)33-3)25(31)18-30-16-15-29-13-4-5-22(29)26(30)20-7-9-21(27)10-8-20/h4-11,13,17,26H,12,14-16,18H2,1-3H3. The monoisotopic (exact) mass is 467 g/mol. The van der Waals surface area contributed by atoms with E-state index in [1.54, 1.807) is 14.2 Å². The number of ether oxygens (including phenoxy) is 2. The molecule has 0 spiro atoms. The predicted molar refractivity (Wildman–Crippen MR) is 130 cm³/mol. The molecule has 0 saturated carbocycles. The van der Waals surface area contributed by atoms with Crippen molar-refractivity contribution in [3.63, 3.8) is 0 Å². The fourth-order valence-electron chi connectivity index (χ4n) is 4.38. The lowest BCUT2D eigenvalue weighted by Crippen LogP contribution is -2.45. The third-order valence-corrected chi connectivity index (χ3v) is 6.52. The summed E-state index contributed by atoms with van der Waals surface area (Å²) in [6.45, 7) is 2.67. The largest absolute Gasteiger partial charge is 0.493 e. The van der Waals surface area contributed by atoms with Gasteiger partial charge in [-0.05, 0) is 53.9 Å². The van der Waals surface area contributed by atoms with Crippen molar-refractivity contribution < 1.29 is 14.3 Å². The van der Waals surface area contributed by atoms with Crippen LogP contribution in [0.15, 0.2) is 60.8 Å². The molecular weight excluding hydrogens is 438 g/mol. The highest BCUT2D eigenvalue weighted by Crippen LogP contribution is 2.33. The summed E-state index contributed by atoms with van der Waals surface area (Å²) in [7, 11) is 5.12. The number of rotatable bonds is 8. The number of amides is 1. The van der Waals surface area contributed by atoms with Crippen LogP contribution in [0.5, 0.6) is 11.5 Å². The summed E-state index contributed by atoms with van der Waals surface area (Å²) in [5.74, 6) is 1.51. The zero-order valence-corrected chi connectivity index (χ0v) is 20.1. The number of carbonyl (C=O) groups excluding carboxylic acids is 1. The van der Waals surface area contributed by atoms with E-state index in [-0.39, 0.29) is 11.9 Å². The normalized spacial score (nSPS) is 15.7. The molecule has 2 aromatic carbocycles. The molecule has 0 saturated heterocycles. The quantitative estimate of drug-likeness (QED) is 0.496. The molecule has 0 radical (unpaired) electrons. The lowest BCUT2D eigenvalue weighted by atomic mass is 10.00. The van der Waals surface area contributed by atoms with E-state index in [0.29, 0.717) is 29.6 Å². The number of benzene rings is 2. The molecule has 33 heavy (non-hydrogen) atoms. The van der Waals surface area contributed by atoms with Crippen molar-refractivity contribution in [2.45, 2.75) is 19.0 Å². The van der Waals surface area contributed by atoms with Gasteiger partial charge in [0.1, 0.15) is 0 Å². The molecule has 0 aliphatic carbocycles. The zero-order chi connectivity index (χ0) is 23.4. The van der Waals surface area contributed by atoms with Gasteiger partial charge in [0.2, 0.25) is 5.91 Å². The number of likely N-dealkylation sites (N-methyl/N-ethyl adjacent to an activating group) is 1. The SMILES string of the molecule is COc1ccc(CCN(C)C(=O)CN2CCn3cccc3C2c2ccc(Cl)cc2)cc1OC. The topological polar surface area (TPSA) is 46.9 Å². The van der Waals surface area contributed by atoms with Crippen LogP contribution in [0.4, 0.5) is 0 Å². The molecular formula is C26H30ClN3O3. The maximum Gasteiger partial charge on any atom is 0.236 e. The molecule has 1 amide bonds. The minimum Gasteiger partial charge on any atom is -0.493 e. The highest BCUT2D eigenvalue weighted by atomic mass is 35.5. The molecule has 2 heterocycles. The zero-order valence-electron chi connectivity index (χ0n) is 19.3. The molecule has 3 aromatic rings. The van der Waals surface area contributed by atoms with Crippen molar-refractivity contribution >= 4 is 17.5 Å². The Hall–Kier alpha value is -2.96. The van der Waals surface area contributed by atoms with E-state index < -0.39 is 0 Å². The minimum absolute atomic E-state index is 0.0224. The van der Waals surface area contributed by atoms with E-state index in [9.17, 15) is 4.79 Å². The van der Waals surface area contributed by atoms with Gasteiger partial charge in [0, 0.05) is 43.6 Å². The fourth-order valence-corrected chi connectivity index (χ4v) is 4.51. The van der Waals surface area contributed by atoms with Gasteiger partial charge in [0.05, 0.1) is 26.8 Å². The van der Waals surface area contributed by atoms with Crippen molar-refractivity contribution in [2.75, 3.05) is 40.9 Å². The summed E-state index contributed by atoms with van der Waals surface area (Å²) in [6.07, 6.45) is 2.85. The average molecular weight is 468 g/mol. The number of methoxy groups -OCH3 is 2. The third kappa shape index (κ3) is 5.18. The first kappa shape index (κ1) is 23.2. The highest BCUT2D eigenvalue weighted by Gasteiger charge is 2.30. The average Bonchev–Trinajstić information content (AvgIpc) is 3.31. The summed E-state index contributed by atoms with van der Waals surface area (Å²) in [6, 6.07) is 18.0. The molecule has 1 aliphatic rings. The smallest absolute Gasteiger partial charge is 0.236 e. The highest BCUT2D eigenvalue weighted by molar-refractivity contribution is 6.30. The van der Waals surface area contributed by atoms with Crippen LogP contribution in [0.3, 0.4) is 0 Å². The summed E-state index contributed by atoms with van der Waals surface area (Å²) in [4.78, 5) is 17.2. The molecule has 4 rings (SSSR count). The molecule has 1 aromatic heterocycles. The van der Waals surface area contributed by atoms with Gasteiger partial charge in [-0.15, -0.1) is 0 Å². The van der Waals surface area contributed by atoms with Gasteiger partial charge in [0.15, 0.2) is 11.5 Å². The Labute approximate surface area is 200 Å². The first-order chi connectivity index (χ1) is 16.0. The van der Waals surface area contributed by atoms with Crippen molar-refractivity contribution in [3.8, 4) is 11.5 Å². The third-order valence-electron chi connectivity index (χ3n) is 6.27. The lowest BCUT2D eigenvalue weighted by molar-refractivity contribution is -0.131. The van der Waals surface area contributed by atoms with Crippen molar-refractivity contribution in [2.24, 2.45) is 0 Å². The van der Waals surface area contributed by atoms with E-state index in [1.807, 2.05) is 54.4 Å². The number of nitrogens with zero attached hydrogens (tertiary/aromatic N) is 3. The van der Waals surface area contributed by atoms with Gasteiger partial charge < -0.3 is 18.9 Å². The van der Waals surface area contributed by atoms with E-state index in [2.05, 4.69) is 27.8 Å². The summed E-state index contributed by atoms with van der Waals surface area (Å²) in [5.41, 5.74) is 3.44. The van der Waals surface area contributed by atoms with Crippen LogP contribution < -0.4 is 9.47 Å². The molecule has 6 nitrogen and oxygen atoms in total. The fraction of sp³-hybridized carbons (Fsp3) is 0.346. The Morgan fingerprint density at radius 1 is 1.06 bits per heavy atom. The van der Waals surface area contributed by atoms with Gasteiger partial charge in [0.25, 0.3) is 0 Å². The second kappa shape index (κ2) is 10.3. The van der Waals surface area contributed by atoms with E-state index in [4.69, 9.17) is 21.1 Å². The van der Waals surface area contributed by atoms with E-state index >= 15 is 0 Å². The predicted octanol–water partition coefficient (Wildman–Crippen LogP) is 4.26. The second-order valence-electron chi connectivity index (χ2n) is 8.31. The van der Waals surface area contributed by atoms with Crippen LogP contribution in [0.2, 0.25) is 5.02 Å². The maximum atomic E-state index is 13.1. The molecule has 0 fully saturated rings. The van der Waals surface area contributed by atoms with E-state index in [1.165, 1.54) is 5.69 Å². The van der Waals surface area contributed by atoms with Crippen LogP contribution in [0.25, 0.3) is 0 Å². The van der Waals surface area contributed by atoms with Gasteiger partial charge in [-0.3, -0.25) is 9.69 Å². The van der Waals surface area contributed by atoms with Crippen molar-refractivity contribution in [1.29, 1.82) is 0 Å². The molecule has 0 N–H and O–H groups in total. The molecule has 174 valence electrons. The van der Waals surface area contributed by atoms with Gasteiger partial charge >= 0.3 is 0 Å². The lowest BCUT2D eigenvalue weighted by Gasteiger charge is -2.37. The van der Waals surface area contributed by atoms with Crippen molar-refractivity contribution in [1.82, 2.24) is 14.4 Å². The number of hydrogen-bond donors (Lipinski definition) is 0. The van der Waals surface area contributed by atoms with Crippen LogP contribution in [-0.2, 0) is 17.8 Å². The molecule has 1 unspecified atom stereocenters. The summed E-state index contributed by atoms with van der Waals surface area (Å²) >= 11 is 6.12. The Morgan fingerprint density at radius 2 is 1.82 bits per heavy atom. The number of halogens is 1. The van der Waals surface area contributed by atoms with E-state index in [0.717, 1.165) is 30.6 Å². The first-order valence-electron chi connectivity index (χ1n) is 11.1. The van der Waals surface area contributed by atoms with Crippen LogP contribution >= 0.6 is 11.6 Å². The molecule has 7 heteroatoms. The summed E-state index contributed by atoms with van der Waals surface area (Å²) < 4.78 is 13.0. The first-order valence-corrected chi connectivity index (χ1v) is 11.5. The molecule has 1 atom stereocenters. The molecule has 0 bridgehead atoms. The van der Waals surface area contributed by atoms with Crippen molar-refractivity contribution in [3.05, 3.63) is 82.6 Å². The number of fused-ring (bicyclic) bond motifs is 1. The summed E-state index contributed by atoms with van der Waals surface area (Å²) in [5, 5.41) is 0.711. The Morgan fingerprint density at radius 3 is 2.55 bits per heavy atom. The number of aromatic nitrogens is 1. The Kier molecular flexibility index (Phi) is 7.26. The Balaban J connectivity index is 1.43. The number of carbonyl (C=O) groups is 1. The van der Waals surface area contributed by atoms with Gasteiger partial charge in [-0.25, -0.2) is 0 Å². The Bertz CT molecular complexity index is 1100. The van der Waals surface area contributed by atoms with Gasteiger partial charge in [-0.2, -0.15) is 0 Å². The number of hydrogen-bond acceptors (Lipinski definition) is 4. The van der Waals surface area contributed by atoms with Crippen LogP contribution in [-0.4, -0.2) is 61.2 Å². The van der Waals surface area contributed by atoms with Crippen LogP contribution in [0.1, 0.15) is 22.9 Å². The minimum atomic E-state index is 0.0224. The second-order valence-corrected chi connectivity index (χ2v) is 8.74.